The number of carbonyl (C=O) groups is 1. The molecule has 1 unspecified atom stereocenters. The van der Waals surface area contributed by atoms with Gasteiger partial charge in [-0.2, -0.15) is 18.4 Å². The first-order valence-corrected chi connectivity index (χ1v) is 6.48. The van der Waals surface area contributed by atoms with Crippen LogP contribution in [0.2, 0.25) is 0 Å². The predicted molar refractivity (Wildman–Crippen MR) is 66.7 cm³/mol. The summed E-state index contributed by atoms with van der Waals surface area (Å²) in [5, 5.41) is 9.31. The normalized spacial score (nSPS) is 23.4. The lowest BCUT2D eigenvalue weighted by Crippen LogP contribution is -2.34. The fourth-order valence-electron chi connectivity index (χ4n) is 2.60. The highest BCUT2D eigenvalue weighted by Crippen LogP contribution is 2.36. The summed E-state index contributed by atoms with van der Waals surface area (Å²) in [7, 11) is 0. The number of benzene rings is 1. The van der Waals surface area contributed by atoms with Crippen molar-refractivity contribution in [2.75, 3.05) is 0 Å². The van der Waals surface area contributed by atoms with E-state index in [9.17, 15) is 23.2 Å². The van der Waals surface area contributed by atoms with Crippen molar-refractivity contribution in [3.8, 4) is 6.07 Å². The van der Waals surface area contributed by atoms with E-state index < -0.39 is 17.2 Å². The van der Waals surface area contributed by atoms with E-state index in [1.54, 1.807) is 0 Å². The van der Waals surface area contributed by atoms with E-state index in [1.165, 1.54) is 12.1 Å². The number of Topliss-reactive ketones (excluding diaryl/α,β-unsaturated/α-hetero) is 1. The number of hydrogen-bond donors (Lipinski definition) is 0. The molecule has 1 aromatic carbocycles. The van der Waals surface area contributed by atoms with Crippen LogP contribution in [0.5, 0.6) is 0 Å². The maximum atomic E-state index is 12.5. The second-order valence-electron chi connectivity index (χ2n) is 5.20. The molecule has 20 heavy (non-hydrogen) atoms. The molecule has 1 aliphatic rings. The highest BCUT2D eigenvalue weighted by Gasteiger charge is 2.40. The van der Waals surface area contributed by atoms with Crippen LogP contribution in [0.15, 0.2) is 24.3 Å². The van der Waals surface area contributed by atoms with E-state index in [4.69, 9.17) is 0 Å². The van der Waals surface area contributed by atoms with Crippen LogP contribution in [-0.2, 0) is 17.4 Å². The first-order chi connectivity index (χ1) is 9.37. The number of nitriles is 1. The Morgan fingerprint density at radius 1 is 1.20 bits per heavy atom. The Labute approximate surface area is 115 Å². The van der Waals surface area contributed by atoms with Gasteiger partial charge >= 0.3 is 6.18 Å². The maximum Gasteiger partial charge on any atom is 0.416 e. The van der Waals surface area contributed by atoms with Crippen molar-refractivity contribution in [1.29, 1.82) is 5.26 Å². The Bertz CT molecular complexity index is 542. The van der Waals surface area contributed by atoms with Gasteiger partial charge in [0.15, 0.2) is 5.78 Å². The zero-order chi connectivity index (χ0) is 14.8. The minimum atomic E-state index is -4.37. The van der Waals surface area contributed by atoms with Crippen LogP contribution in [0.4, 0.5) is 13.2 Å². The molecule has 0 aliphatic heterocycles. The van der Waals surface area contributed by atoms with Crippen molar-refractivity contribution >= 4 is 5.78 Å². The number of alkyl halides is 3. The summed E-state index contributed by atoms with van der Waals surface area (Å²) in [4.78, 5) is 12.0. The Balaban J connectivity index is 2.21. The number of carbonyl (C=O) groups excluding carboxylic acids is 1. The zero-order valence-corrected chi connectivity index (χ0v) is 10.8. The van der Waals surface area contributed by atoms with Crippen LogP contribution in [0, 0.1) is 16.7 Å². The van der Waals surface area contributed by atoms with Crippen molar-refractivity contribution in [1.82, 2.24) is 0 Å². The SMILES string of the molecule is N#CC1(Cc2ccc(C(F)(F)F)cc2)CCCCC1=O. The van der Waals surface area contributed by atoms with Gasteiger partial charge in [-0.3, -0.25) is 4.79 Å². The molecule has 1 aromatic rings. The van der Waals surface area contributed by atoms with Crippen LogP contribution in [0.25, 0.3) is 0 Å². The second-order valence-corrected chi connectivity index (χ2v) is 5.20. The Morgan fingerprint density at radius 2 is 1.85 bits per heavy atom. The molecule has 0 amide bonds. The highest BCUT2D eigenvalue weighted by molar-refractivity contribution is 5.88. The summed E-state index contributed by atoms with van der Waals surface area (Å²) in [6, 6.07) is 6.78. The van der Waals surface area contributed by atoms with E-state index in [0.717, 1.165) is 25.0 Å². The third kappa shape index (κ3) is 2.84. The van der Waals surface area contributed by atoms with E-state index in [2.05, 4.69) is 6.07 Å². The van der Waals surface area contributed by atoms with Crippen molar-refractivity contribution in [3.63, 3.8) is 0 Å². The lowest BCUT2D eigenvalue weighted by atomic mass is 9.70. The molecule has 1 aliphatic carbocycles. The molecule has 0 N–H and O–H groups in total. The van der Waals surface area contributed by atoms with Gasteiger partial charge in [-0.1, -0.05) is 18.6 Å². The highest BCUT2D eigenvalue weighted by atomic mass is 19.4. The molecular weight excluding hydrogens is 267 g/mol. The summed E-state index contributed by atoms with van der Waals surface area (Å²) >= 11 is 0. The van der Waals surface area contributed by atoms with Gasteiger partial charge in [0.25, 0.3) is 0 Å². The van der Waals surface area contributed by atoms with E-state index in [-0.39, 0.29) is 12.2 Å². The number of halogens is 3. The average Bonchev–Trinajstić information content (AvgIpc) is 2.41. The first kappa shape index (κ1) is 14.6. The molecule has 0 saturated heterocycles. The monoisotopic (exact) mass is 281 g/mol. The van der Waals surface area contributed by atoms with Crippen molar-refractivity contribution in [3.05, 3.63) is 35.4 Å². The van der Waals surface area contributed by atoms with Crippen LogP contribution < -0.4 is 0 Å². The van der Waals surface area contributed by atoms with Crippen LogP contribution in [0.3, 0.4) is 0 Å². The van der Waals surface area contributed by atoms with Gasteiger partial charge in [0.1, 0.15) is 5.41 Å². The lowest BCUT2D eigenvalue weighted by Gasteiger charge is -2.29. The van der Waals surface area contributed by atoms with Crippen molar-refractivity contribution in [2.24, 2.45) is 5.41 Å². The van der Waals surface area contributed by atoms with Crippen molar-refractivity contribution in [2.45, 2.75) is 38.3 Å². The molecule has 1 atom stereocenters. The molecule has 106 valence electrons. The molecule has 2 nitrogen and oxygen atoms in total. The molecule has 0 bridgehead atoms. The Morgan fingerprint density at radius 3 is 2.35 bits per heavy atom. The number of rotatable bonds is 2. The summed E-state index contributed by atoms with van der Waals surface area (Å²) in [5.74, 6) is -0.0915. The summed E-state index contributed by atoms with van der Waals surface area (Å²) in [5.41, 5.74) is -1.19. The molecule has 0 spiro atoms. The lowest BCUT2D eigenvalue weighted by molar-refractivity contribution is -0.137. The van der Waals surface area contributed by atoms with Crippen molar-refractivity contribution < 1.29 is 18.0 Å². The zero-order valence-electron chi connectivity index (χ0n) is 10.8. The molecule has 0 heterocycles. The van der Waals surface area contributed by atoms with Gasteiger partial charge in [0.2, 0.25) is 0 Å². The van der Waals surface area contributed by atoms with E-state index in [1.807, 2.05) is 0 Å². The molecule has 1 fully saturated rings. The molecule has 0 aromatic heterocycles. The fraction of sp³-hybridized carbons (Fsp3) is 0.467. The largest absolute Gasteiger partial charge is 0.416 e. The minimum absolute atomic E-state index is 0.0915. The van der Waals surface area contributed by atoms with Gasteiger partial charge in [-0.05, 0) is 37.0 Å². The molecule has 1 saturated carbocycles. The molecule has 5 heteroatoms. The third-order valence-corrected chi connectivity index (χ3v) is 3.79. The molecule has 0 radical (unpaired) electrons. The topological polar surface area (TPSA) is 40.9 Å². The number of ketones is 1. The minimum Gasteiger partial charge on any atom is -0.298 e. The molecule has 2 rings (SSSR count). The fourth-order valence-corrected chi connectivity index (χ4v) is 2.60. The van der Waals surface area contributed by atoms with Crippen LogP contribution in [0.1, 0.15) is 36.8 Å². The standard InChI is InChI=1S/C15H14F3NO/c16-15(17,18)12-6-4-11(5-7-12)9-14(10-19)8-2-1-3-13(14)20/h4-7H,1-3,8-9H2. The van der Waals surface area contributed by atoms with Gasteiger partial charge < -0.3 is 0 Å². The summed E-state index contributed by atoms with van der Waals surface area (Å²) < 4.78 is 37.4. The second kappa shape index (κ2) is 5.28. The average molecular weight is 281 g/mol. The smallest absolute Gasteiger partial charge is 0.298 e. The van der Waals surface area contributed by atoms with Crippen LogP contribution in [-0.4, -0.2) is 5.78 Å². The first-order valence-electron chi connectivity index (χ1n) is 6.48. The number of hydrogen-bond acceptors (Lipinski definition) is 2. The summed E-state index contributed by atoms with van der Waals surface area (Å²) in [6.45, 7) is 0. The van der Waals surface area contributed by atoms with Gasteiger partial charge in [-0.25, -0.2) is 0 Å². The summed E-state index contributed by atoms with van der Waals surface area (Å²) in [6.07, 6.45) is -1.71. The van der Waals surface area contributed by atoms with E-state index in [0.29, 0.717) is 18.4 Å². The number of nitrogens with zero attached hydrogens (tertiary/aromatic N) is 1. The van der Waals surface area contributed by atoms with Crippen LogP contribution >= 0.6 is 0 Å². The molecular formula is C15H14F3NO. The van der Waals surface area contributed by atoms with Gasteiger partial charge in [-0.15, -0.1) is 0 Å². The Hall–Kier alpha value is -1.83. The maximum absolute atomic E-state index is 12.5. The predicted octanol–water partition coefficient (Wildman–Crippen LogP) is 3.90. The third-order valence-electron chi connectivity index (χ3n) is 3.79. The van der Waals surface area contributed by atoms with Gasteiger partial charge in [0, 0.05) is 6.42 Å². The van der Waals surface area contributed by atoms with E-state index >= 15 is 0 Å². The Kier molecular flexibility index (Phi) is 3.85. The van der Waals surface area contributed by atoms with Gasteiger partial charge in [0.05, 0.1) is 11.6 Å². The quantitative estimate of drug-likeness (QED) is 0.824.